The fourth-order valence-electron chi connectivity index (χ4n) is 1.96. The van der Waals surface area contributed by atoms with Crippen LogP contribution in [-0.2, 0) is 4.74 Å². The Balaban J connectivity index is 2.09. The zero-order chi connectivity index (χ0) is 17.5. The van der Waals surface area contributed by atoms with E-state index in [0.29, 0.717) is 24.8 Å². The highest BCUT2D eigenvalue weighted by molar-refractivity contribution is 6.06. The Labute approximate surface area is 137 Å². The minimum Gasteiger partial charge on any atom is -0.383 e. The Kier molecular flexibility index (Phi) is 5.97. The van der Waals surface area contributed by atoms with E-state index in [0.717, 1.165) is 12.1 Å². The summed E-state index contributed by atoms with van der Waals surface area (Å²) in [6, 6.07) is 8.82. The summed E-state index contributed by atoms with van der Waals surface area (Å²) in [5, 5.41) is 4.97. The first-order valence-electron chi connectivity index (χ1n) is 7.15. The van der Waals surface area contributed by atoms with Gasteiger partial charge in [0.1, 0.15) is 11.6 Å². The van der Waals surface area contributed by atoms with Crippen LogP contribution in [0.5, 0.6) is 0 Å². The van der Waals surface area contributed by atoms with Crippen molar-refractivity contribution < 1.29 is 23.1 Å². The van der Waals surface area contributed by atoms with E-state index >= 15 is 0 Å². The first-order chi connectivity index (χ1) is 11.5. The van der Waals surface area contributed by atoms with Gasteiger partial charge >= 0.3 is 0 Å². The molecule has 0 aliphatic carbocycles. The van der Waals surface area contributed by atoms with Gasteiger partial charge in [-0.05, 0) is 30.3 Å². The number of anilines is 1. The Bertz CT molecular complexity index is 750. The first kappa shape index (κ1) is 17.6. The number of ether oxygens (including phenoxy) is 1. The highest BCUT2D eigenvalue weighted by Gasteiger charge is 2.12. The normalized spacial score (nSPS) is 10.3. The minimum atomic E-state index is -0.878. The molecule has 0 aliphatic heterocycles. The Morgan fingerprint density at radius 1 is 1.04 bits per heavy atom. The van der Waals surface area contributed by atoms with E-state index < -0.39 is 17.5 Å². The van der Waals surface area contributed by atoms with Gasteiger partial charge in [0.2, 0.25) is 0 Å². The van der Waals surface area contributed by atoms with Gasteiger partial charge in [-0.25, -0.2) is 8.78 Å². The van der Waals surface area contributed by atoms with Gasteiger partial charge in [-0.3, -0.25) is 9.59 Å². The molecule has 2 aromatic rings. The molecule has 126 valence electrons. The monoisotopic (exact) mass is 334 g/mol. The van der Waals surface area contributed by atoms with E-state index in [1.165, 1.54) is 19.2 Å². The van der Waals surface area contributed by atoms with E-state index in [-0.39, 0.29) is 17.2 Å². The number of carbonyl (C=O) groups is 2. The molecule has 0 bridgehead atoms. The number of amides is 2. The summed E-state index contributed by atoms with van der Waals surface area (Å²) in [5.74, 6) is -2.57. The molecular weight excluding hydrogens is 318 g/mol. The van der Waals surface area contributed by atoms with Gasteiger partial charge in [-0.1, -0.05) is 6.07 Å². The number of nitrogens with one attached hydrogen (secondary N) is 2. The lowest BCUT2D eigenvalue weighted by Crippen LogP contribution is -2.27. The van der Waals surface area contributed by atoms with E-state index in [4.69, 9.17) is 4.74 Å². The molecule has 0 atom stereocenters. The molecule has 5 nitrogen and oxygen atoms in total. The van der Waals surface area contributed by atoms with E-state index in [2.05, 4.69) is 10.6 Å². The van der Waals surface area contributed by atoms with Crippen LogP contribution < -0.4 is 10.6 Å². The standard InChI is InChI=1S/C17H16F2N2O3/c1-24-8-7-20-16(22)11-3-2-4-12(9-11)17(23)21-15-6-5-13(18)10-14(15)19/h2-6,9-10H,7-8H2,1H3,(H,20,22)(H,21,23). The van der Waals surface area contributed by atoms with Gasteiger partial charge < -0.3 is 15.4 Å². The number of hydrogen-bond acceptors (Lipinski definition) is 3. The van der Waals surface area contributed by atoms with Crippen LogP contribution in [0, 0.1) is 11.6 Å². The molecule has 24 heavy (non-hydrogen) atoms. The molecular formula is C17H16F2N2O3. The third kappa shape index (κ3) is 4.60. The third-order valence-corrected chi connectivity index (χ3v) is 3.16. The predicted molar refractivity (Wildman–Crippen MR) is 85.0 cm³/mol. The zero-order valence-corrected chi connectivity index (χ0v) is 12.9. The van der Waals surface area contributed by atoms with Gasteiger partial charge in [0.05, 0.1) is 12.3 Å². The SMILES string of the molecule is COCCNC(=O)c1cccc(C(=O)Nc2ccc(F)cc2F)c1. The second-order valence-corrected chi connectivity index (χ2v) is 4.91. The second-order valence-electron chi connectivity index (χ2n) is 4.91. The van der Waals surface area contributed by atoms with Crippen LogP contribution in [0.3, 0.4) is 0 Å². The van der Waals surface area contributed by atoms with Crippen molar-refractivity contribution in [1.82, 2.24) is 5.32 Å². The van der Waals surface area contributed by atoms with Crippen molar-refractivity contribution in [2.24, 2.45) is 0 Å². The summed E-state index contributed by atoms with van der Waals surface area (Å²) in [7, 11) is 1.52. The second kappa shape index (κ2) is 8.16. The van der Waals surface area contributed by atoms with Crippen molar-refractivity contribution in [2.75, 3.05) is 25.6 Å². The number of rotatable bonds is 6. The lowest BCUT2D eigenvalue weighted by molar-refractivity contribution is 0.0937. The maximum atomic E-state index is 13.6. The Morgan fingerprint density at radius 3 is 2.42 bits per heavy atom. The third-order valence-electron chi connectivity index (χ3n) is 3.16. The lowest BCUT2D eigenvalue weighted by Gasteiger charge is -2.08. The maximum absolute atomic E-state index is 13.6. The Hall–Kier alpha value is -2.80. The minimum absolute atomic E-state index is 0.142. The van der Waals surface area contributed by atoms with Crippen molar-refractivity contribution in [1.29, 1.82) is 0 Å². The number of hydrogen-bond donors (Lipinski definition) is 2. The Morgan fingerprint density at radius 2 is 1.75 bits per heavy atom. The summed E-state index contributed by atoms with van der Waals surface area (Å²) in [6.45, 7) is 0.711. The average molecular weight is 334 g/mol. The fraction of sp³-hybridized carbons (Fsp3) is 0.176. The molecule has 7 heteroatoms. The summed E-state index contributed by atoms with van der Waals surface area (Å²) in [6.07, 6.45) is 0. The van der Waals surface area contributed by atoms with Gasteiger partial charge in [-0.2, -0.15) is 0 Å². The molecule has 0 unspecified atom stereocenters. The average Bonchev–Trinajstić information content (AvgIpc) is 2.57. The lowest BCUT2D eigenvalue weighted by atomic mass is 10.1. The van der Waals surface area contributed by atoms with Crippen molar-refractivity contribution in [3.63, 3.8) is 0 Å². The molecule has 2 amide bonds. The molecule has 0 saturated heterocycles. The number of benzene rings is 2. The summed E-state index contributed by atoms with van der Waals surface area (Å²) >= 11 is 0. The van der Waals surface area contributed by atoms with Gasteiger partial charge in [0, 0.05) is 30.8 Å². The summed E-state index contributed by atoms with van der Waals surface area (Å²) in [4.78, 5) is 24.1. The van der Waals surface area contributed by atoms with E-state index in [1.54, 1.807) is 12.1 Å². The van der Waals surface area contributed by atoms with Gasteiger partial charge in [0.15, 0.2) is 0 Å². The molecule has 2 rings (SSSR count). The molecule has 0 fully saturated rings. The van der Waals surface area contributed by atoms with Crippen molar-refractivity contribution in [3.05, 3.63) is 65.2 Å². The molecule has 0 heterocycles. The number of halogens is 2. The molecule has 2 N–H and O–H groups in total. The molecule has 0 saturated carbocycles. The van der Waals surface area contributed by atoms with Gasteiger partial charge in [-0.15, -0.1) is 0 Å². The largest absolute Gasteiger partial charge is 0.383 e. The molecule has 2 aromatic carbocycles. The van der Waals surface area contributed by atoms with Crippen LogP contribution in [0.2, 0.25) is 0 Å². The summed E-state index contributed by atoms with van der Waals surface area (Å²) < 4.78 is 31.3. The van der Waals surface area contributed by atoms with Crippen LogP contribution in [-0.4, -0.2) is 32.1 Å². The topological polar surface area (TPSA) is 67.4 Å². The van der Waals surface area contributed by atoms with Crippen LogP contribution in [0.25, 0.3) is 0 Å². The summed E-state index contributed by atoms with van der Waals surface area (Å²) in [5.41, 5.74) is 0.327. The van der Waals surface area contributed by atoms with Crippen LogP contribution in [0.15, 0.2) is 42.5 Å². The molecule has 0 aliphatic rings. The van der Waals surface area contributed by atoms with Gasteiger partial charge in [0.25, 0.3) is 11.8 Å². The van der Waals surface area contributed by atoms with Crippen LogP contribution in [0.1, 0.15) is 20.7 Å². The van der Waals surface area contributed by atoms with Crippen LogP contribution in [0.4, 0.5) is 14.5 Å². The maximum Gasteiger partial charge on any atom is 0.255 e. The predicted octanol–water partition coefficient (Wildman–Crippen LogP) is 2.59. The van der Waals surface area contributed by atoms with Crippen LogP contribution >= 0.6 is 0 Å². The first-order valence-corrected chi connectivity index (χ1v) is 7.15. The molecule has 0 radical (unpaired) electrons. The number of methoxy groups -OCH3 is 1. The molecule has 0 aromatic heterocycles. The fourth-order valence-corrected chi connectivity index (χ4v) is 1.96. The highest BCUT2D eigenvalue weighted by Crippen LogP contribution is 2.16. The quantitative estimate of drug-likeness (QED) is 0.798. The molecule has 0 spiro atoms. The number of carbonyl (C=O) groups excluding carboxylic acids is 2. The van der Waals surface area contributed by atoms with Crippen molar-refractivity contribution in [2.45, 2.75) is 0 Å². The smallest absolute Gasteiger partial charge is 0.255 e. The highest BCUT2D eigenvalue weighted by atomic mass is 19.1. The van der Waals surface area contributed by atoms with E-state index in [9.17, 15) is 18.4 Å². The van der Waals surface area contributed by atoms with E-state index in [1.807, 2.05) is 0 Å². The van der Waals surface area contributed by atoms with Crippen molar-refractivity contribution >= 4 is 17.5 Å². The zero-order valence-electron chi connectivity index (χ0n) is 12.9. The van der Waals surface area contributed by atoms with Crippen molar-refractivity contribution in [3.8, 4) is 0 Å².